The van der Waals surface area contributed by atoms with Crippen molar-refractivity contribution in [3.8, 4) is 11.5 Å². The molecule has 2 unspecified atom stereocenters. The van der Waals surface area contributed by atoms with Crippen molar-refractivity contribution in [2.75, 3.05) is 14.2 Å². The number of rotatable bonds is 4. The van der Waals surface area contributed by atoms with Crippen LogP contribution in [-0.4, -0.2) is 14.2 Å². The molecule has 0 radical (unpaired) electrons. The Labute approximate surface area is 129 Å². The number of fused-ring (bicyclic) bond motifs is 1. The van der Waals surface area contributed by atoms with Crippen LogP contribution in [-0.2, 0) is 6.42 Å². The molecule has 0 fully saturated rings. The number of hydrogen-bond donors (Lipinski definition) is 1. The zero-order valence-electron chi connectivity index (χ0n) is 12.5. The van der Waals surface area contributed by atoms with E-state index in [2.05, 4.69) is 11.4 Å². The standard InChI is InChI=1S/C17H21NO2S/c1-19-11-6-7-15(20-2)14(10-11)17(18)13-4-3-5-16-12(13)8-9-21-16/h6-10,13,17H,3-5,18H2,1-2H3. The highest BCUT2D eigenvalue weighted by molar-refractivity contribution is 7.10. The first-order valence-electron chi connectivity index (χ1n) is 7.28. The summed E-state index contributed by atoms with van der Waals surface area (Å²) in [6, 6.07) is 8.02. The van der Waals surface area contributed by atoms with Crippen molar-refractivity contribution < 1.29 is 9.47 Å². The third-order valence-corrected chi connectivity index (χ3v) is 5.32. The van der Waals surface area contributed by atoms with Gasteiger partial charge in [0, 0.05) is 22.4 Å². The van der Waals surface area contributed by atoms with Gasteiger partial charge in [0.15, 0.2) is 0 Å². The zero-order valence-corrected chi connectivity index (χ0v) is 13.3. The third-order valence-electron chi connectivity index (χ3n) is 4.33. The van der Waals surface area contributed by atoms with Crippen LogP contribution in [0.1, 0.15) is 40.8 Å². The summed E-state index contributed by atoms with van der Waals surface area (Å²) in [5.74, 6) is 2.02. The molecular formula is C17H21NO2S. The van der Waals surface area contributed by atoms with Crippen LogP contribution < -0.4 is 15.2 Å². The maximum Gasteiger partial charge on any atom is 0.123 e. The van der Waals surface area contributed by atoms with Crippen LogP contribution in [0.5, 0.6) is 11.5 Å². The minimum atomic E-state index is -0.0660. The number of methoxy groups -OCH3 is 2. The zero-order chi connectivity index (χ0) is 14.8. The Hall–Kier alpha value is -1.52. The fourth-order valence-electron chi connectivity index (χ4n) is 3.21. The van der Waals surface area contributed by atoms with Gasteiger partial charge in [0.05, 0.1) is 14.2 Å². The molecule has 21 heavy (non-hydrogen) atoms. The van der Waals surface area contributed by atoms with Gasteiger partial charge in [-0.3, -0.25) is 0 Å². The van der Waals surface area contributed by atoms with E-state index in [1.54, 1.807) is 14.2 Å². The van der Waals surface area contributed by atoms with Gasteiger partial charge >= 0.3 is 0 Å². The van der Waals surface area contributed by atoms with Gasteiger partial charge in [0.2, 0.25) is 0 Å². The van der Waals surface area contributed by atoms with Gasteiger partial charge in [0.1, 0.15) is 11.5 Å². The first-order valence-corrected chi connectivity index (χ1v) is 8.16. The van der Waals surface area contributed by atoms with E-state index in [4.69, 9.17) is 15.2 Å². The van der Waals surface area contributed by atoms with Gasteiger partial charge < -0.3 is 15.2 Å². The van der Waals surface area contributed by atoms with Crippen molar-refractivity contribution in [3.05, 3.63) is 45.6 Å². The predicted octanol–water partition coefficient (Wildman–Crippen LogP) is 3.89. The first kappa shape index (κ1) is 14.4. The van der Waals surface area contributed by atoms with Crippen molar-refractivity contribution in [1.29, 1.82) is 0 Å². The van der Waals surface area contributed by atoms with E-state index < -0.39 is 0 Å². The minimum absolute atomic E-state index is 0.0660. The summed E-state index contributed by atoms with van der Waals surface area (Å²) in [5.41, 5.74) is 9.06. The lowest BCUT2D eigenvalue weighted by Crippen LogP contribution is -2.23. The Morgan fingerprint density at radius 3 is 2.86 bits per heavy atom. The van der Waals surface area contributed by atoms with Crippen LogP contribution in [0.2, 0.25) is 0 Å². The predicted molar refractivity (Wildman–Crippen MR) is 86.5 cm³/mol. The van der Waals surface area contributed by atoms with Crippen molar-refractivity contribution in [2.45, 2.75) is 31.2 Å². The second-order valence-corrected chi connectivity index (χ2v) is 6.43. The smallest absolute Gasteiger partial charge is 0.123 e. The molecule has 1 heterocycles. The van der Waals surface area contributed by atoms with Gasteiger partial charge in [-0.1, -0.05) is 0 Å². The number of benzene rings is 1. The second kappa shape index (κ2) is 6.08. The Morgan fingerprint density at radius 1 is 1.24 bits per heavy atom. The molecule has 0 saturated carbocycles. The Bertz CT molecular complexity index is 623. The summed E-state index contributed by atoms with van der Waals surface area (Å²) in [7, 11) is 3.36. The van der Waals surface area contributed by atoms with Gasteiger partial charge in [0.25, 0.3) is 0 Å². The number of aryl methyl sites for hydroxylation is 1. The molecular weight excluding hydrogens is 282 g/mol. The molecule has 1 aliphatic rings. The van der Waals surface area contributed by atoms with Gasteiger partial charge in [-0.05, 0) is 54.5 Å². The Morgan fingerprint density at radius 2 is 2.10 bits per heavy atom. The van der Waals surface area contributed by atoms with E-state index >= 15 is 0 Å². The Kier molecular flexibility index (Phi) is 4.17. The molecule has 0 saturated heterocycles. The summed E-state index contributed by atoms with van der Waals surface area (Å²) in [6.45, 7) is 0. The summed E-state index contributed by atoms with van der Waals surface area (Å²) >= 11 is 1.85. The van der Waals surface area contributed by atoms with Gasteiger partial charge in [-0.15, -0.1) is 11.3 Å². The van der Waals surface area contributed by atoms with Crippen LogP contribution in [0.4, 0.5) is 0 Å². The van der Waals surface area contributed by atoms with Crippen LogP contribution in [0.25, 0.3) is 0 Å². The van der Waals surface area contributed by atoms with Crippen molar-refractivity contribution in [1.82, 2.24) is 0 Å². The number of thiophene rings is 1. The fraction of sp³-hybridized carbons (Fsp3) is 0.412. The molecule has 0 amide bonds. The molecule has 3 rings (SSSR count). The molecule has 1 aliphatic carbocycles. The minimum Gasteiger partial charge on any atom is -0.497 e. The van der Waals surface area contributed by atoms with E-state index in [0.29, 0.717) is 5.92 Å². The van der Waals surface area contributed by atoms with E-state index in [1.807, 2.05) is 29.5 Å². The summed E-state index contributed by atoms with van der Waals surface area (Å²) in [5, 5.41) is 2.18. The lowest BCUT2D eigenvalue weighted by atomic mass is 9.80. The second-order valence-electron chi connectivity index (χ2n) is 5.43. The van der Waals surface area contributed by atoms with E-state index in [-0.39, 0.29) is 6.04 Å². The highest BCUT2D eigenvalue weighted by atomic mass is 32.1. The highest BCUT2D eigenvalue weighted by Crippen LogP contribution is 2.43. The monoisotopic (exact) mass is 303 g/mol. The molecule has 4 heteroatoms. The molecule has 1 aromatic heterocycles. The van der Waals surface area contributed by atoms with Gasteiger partial charge in [-0.2, -0.15) is 0 Å². The maximum atomic E-state index is 6.61. The quantitative estimate of drug-likeness (QED) is 0.932. The third kappa shape index (κ3) is 2.65. The number of nitrogens with two attached hydrogens (primary N) is 1. The van der Waals surface area contributed by atoms with Crippen LogP contribution in [0, 0.1) is 0 Å². The molecule has 1 aromatic carbocycles. The average molecular weight is 303 g/mol. The van der Waals surface area contributed by atoms with Crippen molar-refractivity contribution >= 4 is 11.3 Å². The Balaban J connectivity index is 1.98. The van der Waals surface area contributed by atoms with Crippen molar-refractivity contribution in [3.63, 3.8) is 0 Å². The summed E-state index contributed by atoms with van der Waals surface area (Å²) < 4.78 is 10.8. The summed E-state index contributed by atoms with van der Waals surface area (Å²) in [6.07, 6.45) is 3.52. The van der Waals surface area contributed by atoms with Crippen LogP contribution in [0.3, 0.4) is 0 Å². The molecule has 0 bridgehead atoms. The molecule has 0 aliphatic heterocycles. The maximum absolute atomic E-state index is 6.61. The molecule has 2 aromatic rings. The normalized spacial score (nSPS) is 18.9. The number of ether oxygens (including phenoxy) is 2. The van der Waals surface area contributed by atoms with E-state index in [1.165, 1.54) is 23.3 Å². The molecule has 3 nitrogen and oxygen atoms in total. The fourth-order valence-corrected chi connectivity index (χ4v) is 4.21. The number of hydrogen-bond acceptors (Lipinski definition) is 4. The molecule has 112 valence electrons. The first-order chi connectivity index (χ1) is 10.2. The molecule has 2 N–H and O–H groups in total. The highest BCUT2D eigenvalue weighted by Gasteiger charge is 2.29. The largest absolute Gasteiger partial charge is 0.497 e. The van der Waals surface area contributed by atoms with Gasteiger partial charge in [-0.25, -0.2) is 0 Å². The molecule has 0 spiro atoms. The lowest BCUT2D eigenvalue weighted by molar-refractivity contribution is 0.386. The lowest BCUT2D eigenvalue weighted by Gasteiger charge is -2.29. The van der Waals surface area contributed by atoms with Crippen LogP contribution >= 0.6 is 11.3 Å². The SMILES string of the molecule is COc1ccc(OC)c(C(N)C2CCCc3sccc32)c1. The topological polar surface area (TPSA) is 44.5 Å². The summed E-state index contributed by atoms with van der Waals surface area (Å²) in [4.78, 5) is 1.49. The van der Waals surface area contributed by atoms with Crippen molar-refractivity contribution in [2.24, 2.45) is 5.73 Å². The average Bonchev–Trinajstić information content (AvgIpc) is 3.02. The van der Waals surface area contributed by atoms with E-state index in [9.17, 15) is 0 Å². The van der Waals surface area contributed by atoms with Crippen LogP contribution in [0.15, 0.2) is 29.6 Å². The van der Waals surface area contributed by atoms with E-state index in [0.717, 1.165) is 23.5 Å². The molecule has 2 atom stereocenters.